The van der Waals surface area contributed by atoms with Gasteiger partial charge >= 0.3 is 0 Å². The quantitative estimate of drug-likeness (QED) is 0.275. The van der Waals surface area contributed by atoms with E-state index in [0.717, 1.165) is 18.3 Å². The highest BCUT2D eigenvalue weighted by molar-refractivity contribution is 5.89. The molecule has 0 radical (unpaired) electrons. The molecule has 0 N–H and O–H groups in total. The highest BCUT2D eigenvalue weighted by Crippen LogP contribution is 2.35. The topological polar surface area (TPSA) is 0 Å². The molecule has 1 fully saturated rings. The van der Waals surface area contributed by atoms with Crippen molar-refractivity contribution in [3.63, 3.8) is 0 Å². The standard InChI is InChI=1S/C31H37F3/c1-3-5-6-7-21-8-10-22(11-9-21)12-13-23-14-16-25(17-15-23)27-20-26-19-18-24(4-2)29(32)28(26)31(34)30(27)33/h14-22H,3-13H2,1-2H3. The van der Waals surface area contributed by atoms with Crippen LogP contribution in [0.5, 0.6) is 0 Å². The fraction of sp³-hybridized carbons (Fsp3) is 0.484. The molecule has 0 heterocycles. The molecule has 1 aliphatic carbocycles. The van der Waals surface area contributed by atoms with E-state index < -0.39 is 17.5 Å². The van der Waals surface area contributed by atoms with Gasteiger partial charge in [0.2, 0.25) is 0 Å². The zero-order valence-corrected chi connectivity index (χ0v) is 20.6. The maximum absolute atomic E-state index is 14.9. The first-order chi connectivity index (χ1) is 16.5. The monoisotopic (exact) mass is 466 g/mol. The normalized spacial score (nSPS) is 18.5. The first-order valence-electron chi connectivity index (χ1n) is 13.2. The van der Waals surface area contributed by atoms with Gasteiger partial charge in [0, 0.05) is 5.56 Å². The van der Waals surface area contributed by atoms with Gasteiger partial charge in [-0.1, -0.05) is 102 Å². The zero-order chi connectivity index (χ0) is 24.1. The Morgan fingerprint density at radius 1 is 0.735 bits per heavy atom. The van der Waals surface area contributed by atoms with E-state index in [2.05, 4.69) is 6.92 Å². The van der Waals surface area contributed by atoms with Crippen LogP contribution in [0.1, 0.15) is 82.8 Å². The number of hydrogen-bond acceptors (Lipinski definition) is 0. The second-order valence-electron chi connectivity index (χ2n) is 10.2. The van der Waals surface area contributed by atoms with Crippen molar-refractivity contribution in [1.82, 2.24) is 0 Å². The van der Waals surface area contributed by atoms with Gasteiger partial charge < -0.3 is 0 Å². The van der Waals surface area contributed by atoms with Crippen molar-refractivity contribution < 1.29 is 13.2 Å². The lowest BCUT2D eigenvalue weighted by Gasteiger charge is -2.28. The fourth-order valence-electron chi connectivity index (χ4n) is 5.62. The van der Waals surface area contributed by atoms with Crippen molar-refractivity contribution in [2.24, 2.45) is 11.8 Å². The van der Waals surface area contributed by atoms with Gasteiger partial charge in [0.1, 0.15) is 5.82 Å². The molecule has 0 saturated heterocycles. The first-order valence-corrected chi connectivity index (χ1v) is 13.2. The summed E-state index contributed by atoms with van der Waals surface area (Å²) in [4.78, 5) is 0. The van der Waals surface area contributed by atoms with Crippen LogP contribution in [0, 0.1) is 29.3 Å². The molecular weight excluding hydrogens is 429 g/mol. The molecule has 0 amide bonds. The highest BCUT2D eigenvalue weighted by Gasteiger charge is 2.21. The van der Waals surface area contributed by atoms with Crippen LogP contribution in [-0.4, -0.2) is 0 Å². The number of benzene rings is 3. The molecule has 0 unspecified atom stereocenters. The lowest BCUT2D eigenvalue weighted by molar-refractivity contribution is 0.249. The largest absolute Gasteiger partial charge is 0.206 e. The number of hydrogen-bond donors (Lipinski definition) is 0. The van der Waals surface area contributed by atoms with Crippen molar-refractivity contribution in [2.45, 2.75) is 84.5 Å². The molecule has 0 aromatic heterocycles. The summed E-state index contributed by atoms with van der Waals surface area (Å²) in [5, 5.41) is 0.135. The van der Waals surface area contributed by atoms with Gasteiger partial charge in [0.15, 0.2) is 11.6 Å². The van der Waals surface area contributed by atoms with Crippen LogP contribution in [-0.2, 0) is 12.8 Å². The van der Waals surface area contributed by atoms with E-state index in [1.165, 1.54) is 63.4 Å². The van der Waals surface area contributed by atoms with Crippen LogP contribution >= 0.6 is 0 Å². The molecule has 182 valence electrons. The third-order valence-corrected chi connectivity index (χ3v) is 7.87. The number of aryl methyl sites for hydroxylation is 2. The first kappa shape index (κ1) is 24.8. The van der Waals surface area contributed by atoms with Gasteiger partial charge in [-0.25, -0.2) is 13.2 Å². The third kappa shape index (κ3) is 5.50. The Hall–Kier alpha value is -2.29. The van der Waals surface area contributed by atoms with Crippen LogP contribution in [0.2, 0.25) is 0 Å². The minimum atomic E-state index is -1.10. The van der Waals surface area contributed by atoms with Crippen LogP contribution < -0.4 is 0 Å². The van der Waals surface area contributed by atoms with E-state index in [0.29, 0.717) is 22.9 Å². The lowest BCUT2D eigenvalue weighted by atomic mass is 9.78. The summed E-state index contributed by atoms with van der Waals surface area (Å²) in [7, 11) is 0. The van der Waals surface area contributed by atoms with Crippen molar-refractivity contribution in [3.05, 3.63) is 71.0 Å². The van der Waals surface area contributed by atoms with E-state index in [4.69, 9.17) is 0 Å². The number of fused-ring (bicyclic) bond motifs is 1. The molecule has 0 atom stereocenters. The molecule has 4 rings (SSSR count). The lowest BCUT2D eigenvalue weighted by Crippen LogP contribution is -2.15. The van der Waals surface area contributed by atoms with Crippen molar-refractivity contribution >= 4 is 10.8 Å². The zero-order valence-electron chi connectivity index (χ0n) is 20.6. The molecular formula is C31H37F3. The van der Waals surface area contributed by atoms with E-state index in [1.54, 1.807) is 25.1 Å². The molecule has 3 aromatic carbocycles. The third-order valence-electron chi connectivity index (χ3n) is 7.87. The van der Waals surface area contributed by atoms with Crippen LogP contribution in [0.4, 0.5) is 13.2 Å². The second-order valence-corrected chi connectivity index (χ2v) is 10.2. The van der Waals surface area contributed by atoms with E-state index >= 15 is 0 Å². The van der Waals surface area contributed by atoms with Gasteiger partial charge in [0.05, 0.1) is 5.39 Å². The molecule has 0 aliphatic heterocycles. The Morgan fingerprint density at radius 2 is 1.41 bits per heavy atom. The Balaban J connectivity index is 1.40. The summed E-state index contributed by atoms with van der Waals surface area (Å²) in [6.07, 6.45) is 13.5. The van der Waals surface area contributed by atoms with Crippen LogP contribution in [0.15, 0.2) is 42.5 Å². The maximum Gasteiger partial charge on any atom is 0.170 e. The van der Waals surface area contributed by atoms with Crippen LogP contribution in [0.3, 0.4) is 0 Å². The summed E-state index contributed by atoms with van der Waals surface area (Å²) >= 11 is 0. The Bertz CT molecular complexity index is 1090. The predicted molar refractivity (Wildman–Crippen MR) is 137 cm³/mol. The highest BCUT2D eigenvalue weighted by atomic mass is 19.2. The van der Waals surface area contributed by atoms with Crippen molar-refractivity contribution in [2.75, 3.05) is 0 Å². The van der Waals surface area contributed by atoms with E-state index in [-0.39, 0.29) is 10.9 Å². The SMILES string of the molecule is CCCCCC1CCC(CCc2ccc(-c3cc4ccc(CC)c(F)c4c(F)c3F)cc2)CC1. The number of halogens is 3. The summed E-state index contributed by atoms with van der Waals surface area (Å²) in [6, 6.07) is 12.7. The molecule has 0 bridgehead atoms. The van der Waals surface area contributed by atoms with Gasteiger partial charge in [-0.15, -0.1) is 0 Å². The van der Waals surface area contributed by atoms with Gasteiger partial charge in [0.25, 0.3) is 0 Å². The van der Waals surface area contributed by atoms with E-state index in [9.17, 15) is 13.2 Å². The Morgan fingerprint density at radius 3 is 2.06 bits per heavy atom. The summed E-state index contributed by atoms with van der Waals surface area (Å²) in [5.74, 6) is -1.01. The number of rotatable bonds is 9. The second kappa shape index (κ2) is 11.4. The maximum atomic E-state index is 14.9. The molecule has 3 aromatic rings. The fourth-order valence-corrected chi connectivity index (χ4v) is 5.62. The minimum absolute atomic E-state index is 0.182. The average Bonchev–Trinajstić information content (AvgIpc) is 2.86. The van der Waals surface area contributed by atoms with Gasteiger partial charge in [-0.2, -0.15) is 0 Å². The van der Waals surface area contributed by atoms with Crippen molar-refractivity contribution in [3.8, 4) is 11.1 Å². The molecule has 0 spiro atoms. The Kier molecular flexibility index (Phi) is 8.34. The minimum Gasteiger partial charge on any atom is -0.206 e. The number of unbranched alkanes of at least 4 members (excludes halogenated alkanes) is 2. The van der Waals surface area contributed by atoms with Crippen molar-refractivity contribution in [1.29, 1.82) is 0 Å². The Labute approximate surface area is 202 Å². The summed E-state index contributed by atoms with van der Waals surface area (Å²) in [6.45, 7) is 4.07. The predicted octanol–water partition coefficient (Wildman–Crippen LogP) is 9.81. The molecule has 3 heteroatoms. The smallest absolute Gasteiger partial charge is 0.170 e. The van der Waals surface area contributed by atoms with Gasteiger partial charge in [-0.3, -0.25) is 0 Å². The summed E-state index contributed by atoms with van der Waals surface area (Å²) in [5.41, 5.74) is 2.43. The molecule has 1 saturated carbocycles. The summed E-state index contributed by atoms with van der Waals surface area (Å²) < 4.78 is 44.4. The van der Waals surface area contributed by atoms with Crippen LogP contribution in [0.25, 0.3) is 21.9 Å². The van der Waals surface area contributed by atoms with Gasteiger partial charge in [-0.05, 0) is 59.2 Å². The average molecular weight is 467 g/mol. The molecule has 1 aliphatic rings. The molecule has 0 nitrogen and oxygen atoms in total. The molecule has 34 heavy (non-hydrogen) atoms. The van der Waals surface area contributed by atoms with E-state index in [1.807, 2.05) is 24.3 Å².